The molecule has 4 heterocycles. The Bertz CT molecular complexity index is 1620. The SMILES string of the molecule is CC1=C2/C=C(F)\C=[N+](\c3ccc(-c4c(C)n[nH]c4C)cc3)C(=O)[C@@H](NC(=O)c3ccnn3C(C)C)C1C1(CC1)CO2. The van der Waals surface area contributed by atoms with Gasteiger partial charge in [-0.2, -0.15) is 10.2 Å². The minimum absolute atomic E-state index is 0.0442. The fourth-order valence-corrected chi connectivity index (χ4v) is 6.29. The predicted octanol–water partition coefficient (Wildman–Crippen LogP) is 5.08. The zero-order chi connectivity index (χ0) is 29.1. The lowest BCUT2D eigenvalue weighted by atomic mass is 9.76. The monoisotopic (exact) mass is 557 g/mol. The van der Waals surface area contributed by atoms with E-state index in [0.717, 1.165) is 40.9 Å². The summed E-state index contributed by atoms with van der Waals surface area (Å²) < 4.78 is 24.4. The molecule has 2 atom stereocenters. The second-order valence-electron chi connectivity index (χ2n) is 11.6. The lowest BCUT2D eigenvalue weighted by Crippen LogP contribution is -2.53. The zero-order valence-corrected chi connectivity index (χ0v) is 23.9. The van der Waals surface area contributed by atoms with Crippen molar-refractivity contribution in [2.24, 2.45) is 11.3 Å². The summed E-state index contributed by atoms with van der Waals surface area (Å²) in [6.07, 6.45) is 5.81. The first-order chi connectivity index (χ1) is 19.6. The van der Waals surface area contributed by atoms with Gasteiger partial charge in [0.1, 0.15) is 11.5 Å². The second-order valence-corrected chi connectivity index (χ2v) is 11.6. The van der Waals surface area contributed by atoms with Gasteiger partial charge in [0.15, 0.2) is 11.9 Å². The van der Waals surface area contributed by atoms with Gasteiger partial charge in [-0.05, 0) is 76.8 Å². The first-order valence-corrected chi connectivity index (χ1v) is 13.9. The molecular weight excluding hydrogens is 523 g/mol. The van der Waals surface area contributed by atoms with Crippen LogP contribution in [-0.4, -0.2) is 55.2 Å². The van der Waals surface area contributed by atoms with E-state index in [-0.39, 0.29) is 17.4 Å². The summed E-state index contributed by atoms with van der Waals surface area (Å²) in [5.74, 6) is -1.39. The molecule has 1 aromatic carbocycles. The molecule has 3 aromatic rings. The molecule has 2 aliphatic heterocycles. The van der Waals surface area contributed by atoms with Crippen LogP contribution in [0.1, 0.15) is 61.5 Å². The molecule has 2 N–H and O–H groups in total. The number of aromatic nitrogens is 4. The summed E-state index contributed by atoms with van der Waals surface area (Å²) >= 11 is 0. The zero-order valence-electron chi connectivity index (χ0n) is 23.9. The lowest BCUT2D eigenvalue weighted by Gasteiger charge is -2.37. The van der Waals surface area contributed by atoms with Crippen LogP contribution < -0.4 is 5.32 Å². The molecule has 0 saturated heterocycles. The minimum Gasteiger partial charge on any atom is -0.493 e. The molecular formula is C31H34FN6O3+. The van der Waals surface area contributed by atoms with E-state index in [1.165, 1.54) is 16.9 Å². The number of aryl methyl sites for hydroxylation is 2. The Kier molecular flexibility index (Phi) is 6.51. The van der Waals surface area contributed by atoms with Crippen molar-refractivity contribution in [3.63, 3.8) is 0 Å². The normalized spacial score (nSPS) is 24.1. The highest BCUT2D eigenvalue weighted by atomic mass is 19.1. The quantitative estimate of drug-likeness (QED) is 0.426. The van der Waals surface area contributed by atoms with Crippen LogP contribution in [0.5, 0.6) is 0 Å². The molecule has 6 rings (SSSR count). The van der Waals surface area contributed by atoms with Crippen molar-refractivity contribution < 1.29 is 23.3 Å². The Balaban J connectivity index is 1.44. The van der Waals surface area contributed by atoms with Crippen molar-refractivity contribution in [2.75, 3.05) is 6.61 Å². The minimum atomic E-state index is -0.951. The number of nitrogens with zero attached hydrogens (tertiary/aromatic N) is 4. The number of carbonyl (C=O) groups excluding carboxylic acids is 2. The average molecular weight is 558 g/mol. The molecule has 0 radical (unpaired) electrons. The number of fused-ring (bicyclic) bond motifs is 2. The maximum Gasteiger partial charge on any atom is 0.415 e. The molecule has 2 bridgehead atoms. The van der Waals surface area contributed by atoms with Gasteiger partial charge >= 0.3 is 5.91 Å². The first kappa shape index (κ1) is 26.9. The number of nitrogens with one attached hydrogen (secondary N) is 2. The predicted molar refractivity (Wildman–Crippen MR) is 151 cm³/mol. The number of halogens is 1. The topological polar surface area (TPSA) is 105 Å². The summed E-state index contributed by atoms with van der Waals surface area (Å²) in [4.78, 5) is 28.2. The van der Waals surface area contributed by atoms with E-state index >= 15 is 4.39 Å². The van der Waals surface area contributed by atoms with E-state index in [2.05, 4.69) is 20.6 Å². The van der Waals surface area contributed by atoms with Gasteiger partial charge in [-0.25, -0.2) is 9.18 Å². The summed E-state index contributed by atoms with van der Waals surface area (Å²) in [5.41, 5.74) is 5.02. The number of rotatable bonds is 5. The molecule has 1 aliphatic carbocycles. The van der Waals surface area contributed by atoms with Gasteiger partial charge < -0.3 is 10.1 Å². The Morgan fingerprint density at radius 2 is 1.93 bits per heavy atom. The largest absolute Gasteiger partial charge is 0.493 e. The number of carbonyl (C=O) groups is 2. The number of benzene rings is 1. The summed E-state index contributed by atoms with van der Waals surface area (Å²) in [6, 6.07) is 7.99. The van der Waals surface area contributed by atoms with Gasteiger partial charge in [-0.1, -0.05) is 0 Å². The number of aromatic amines is 1. The number of H-pyrrole nitrogens is 1. The third kappa shape index (κ3) is 4.61. The highest BCUT2D eigenvalue weighted by Gasteiger charge is 2.59. The van der Waals surface area contributed by atoms with E-state index in [1.54, 1.807) is 29.1 Å². The summed E-state index contributed by atoms with van der Waals surface area (Å²) in [7, 11) is 0. The molecule has 9 nitrogen and oxygen atoms in total. The van der Waals surface area contributed by atoms with E-state index in [4.69, 9.17) is 4.74 Å². The van der Waals surface area contributed by atoms with Crippen molar-refractivity contribution in [1.29, 1.82) is 0 Å². The molecule has 41 heavy (non-hydrogen) atoms. The van der Waals surface area contributed by atoms with E-state index in [0.29, 0.717) is 23.7 Å². The van der Waals surface area contributed by atoms with Gasteiger partial charge in [0.2, 0.25) is 11.9 Å². The van der Waals surface area contributed by atoms with Gasteiger partial charge in [-0.3, -0.25) is 14.6 Å². The molecule has 1 fully saturated rings. The van der Waals surface area contributed by atoms with Crippen LogP contribution in [0.2, 0.25) is 0 Å². The number of hydrogen-bond donors (Lipinski definition) is 2. The third-order valence-corrected chi connectivity index (χ3v) is 8.52. The van der Waals surface area contributed by atoms with E-state index < -0.39 is 23.7 Å². The van der Waals surface area contributed by atoms with Crippen LogP contribution in [0.15, 0.2) is 59.8 Å². The second kappa shape index (κ2) is 9.94. The fourth-order valence-electron chi connectivity index (χ4n) is 6.29. The van der Waals surface area contributed by atoms with Crippen LogP contribution in [0.4, 0.5) is 10.1 Å². The maximum atomic E-state index is 15.4. The lowest BCUT2D eigenvalue weighted by molar-refractivity contribution is -0.366. The molecule has 2 amide bonds. The van der Waals surface area contributed by atoms with Crippen molar-refractivity contribution in [3.05, 3.63) is 76.8 Å². The Morgan fingerprint density at radius 3 is 2.56 bits per heavy atom. The Morgan fingerprint density at radius 1 is 1.20 bits per heavy atom. The third-order valence-electron chi connectivity index (χ3n) is 8.52. The molecule has 2 aromatic heterocycles. The standard InChI is InChI=1S/C31H33FN6O3/c1-17(2)38-24(10-13-33-38)29(39)34-28-27-18(3)25(41-16-31(27)11-12-31)14-22(32)15-37(30(28)40)23-8-6-21(7-9-23)26-19(4)35-36-20(26)5/h6-10,13-15,17,27-28H,11-12,16H2,1-5H3,(H-,34,35,36,39)/p+1/b22-14+,37-15-/t27?,28-/m0/s1. The maximum absolute atomic E-state index is 15.4. The number of hydrogen-bond acceptors (Lipinski definition) is 5. The number of amides is 2. The van der Waals surface area contributed by atoms with Gasteiger partial charge in [0.05, 0.1) is 12.3 Å². The van der Waals surface area contributed by atoms with Crippen LogP contribution >= 0.6 is 0 Å². The van der Waals surface area contributed by atoms with Crippen LogP contribution in [0, 0.1) is 25.2 Å². The summed E-state index contributed by atoms with van der Waals surface area (Å²) in [5, 5.41) is 14.6. The van der Waals surface area contributed by atoms with Gasteiger partial charge in [0, 0.05) is 53.0 Å². The molecule has 1 saturated carbocycles. The highest BCUT2D eigenvalue weighted by Crippen LogP contribution is 2.59. The summed E-state index contributed by atoms with van der Waals surface area (Å²) in [6.45, 7) is 9.99. The first-order valence-electron chi connectivity index (χ1n) is 13.9. The molecule has 1 spiro atoms. The van der Waals surface area contributed by atoms with Crippen molar-refractivity contribution in [1.82, 2.24) is 25.3 Å². The van der Waals surface area contributed by atoms with Crippen LogP contribution in [0.3, 0.4) is 0 Å². The van der Waals surface area contributed by atoms with Gasteiger partial charge in [-0.15, -0.1) is 4.58 Å². The van der Waals surface area contributed by atoms with Crippen LogP contribution in [0.25, 0.3) is 11.1 Å². The smallest absolute Gasteiger partial charge is 0.415 e. The van der Waals surface area contributed by atoms with Crippen molar-refractivity contribution >= 4 is 23.7 Å². The Labute approximate surface area is 237 Å². The molecule has 1 unspecified atom stereocenters. The van der Waals surface area contributed by atoms with Crippen molar-refractivity contribution in [2.45, 2.75) is 59.5 Å². The highest BCUT2D eigenvalue weighted by molar-refractivity contribution is 5.96. The number of allylic oxidation sites excluding steroid dienone is 2. The number of ether oxygens (including phenoxy) is 1. The molecule has 10 heteroatoms. The van der Waals surface area contributed by atoms with Crippen LogP contribution in [-0.2, 0) is 9.53 Å². The Hall–Kier alpha value is -4.34. The van der Waals surface area contributed by atoms with Crippen molar-refractivity contribution in [3.8, 4) is 11.1 Å². The van der Waals surface area contributed by atoms with E-state index in [1.807, 2.05) is 46.8 Å². The molecule has 3 aliphatic rings. The van der Waals surface area contributed by atoms with Gasteiger partial charge in [0.25, 0.3) is 5.91 Å². The average Bonchev–Trinajstić information content (AvgIpc) is 3.36. The molecule has 212 valence electrons. The van der Waals surface area contributed by atoms with E-state index in [9.17, 15) is 9.59 Å². The fraction of sp³-hybridized carbons (Fsp3) is 0.387.